The molecule has 0 bridgehead atoms. The van der Waals surface area contributed by atoms with Gasteiger partial charge in [0.05, 0.1) is 0 Å². The summed E-state index contributed by atoms with van der Waals surface area (Å²) < 4.78 is 0. The van der Waals surface area contributed by atoms with Crippen molar-refractivity contribution in [2.24, 2.45) is 0 Å². The van der Waals surface area contributed by atoms with E-state index < -0.39 is 0 Å². The topological polar surface area (TPSA) is 20.2 Å². The lowest BCUT2D eigenvalue weighted by Crippen LogP contribution is -2.06. The van der Waals surface area contributed by atoms with Crippen LogP contribution in [0.3, 0.4) is 0 Å². The lowest BCUT2D eigenvalue weighted by atomic mass is 9.82. The van der Waals surface area contributed by atoms with Gasteiger partial charge in [0.1, 0.15) is 5.75 Å². The fourth-order valence-corrected chi connectivity index (χ4v) is 4.21. The van der Waals surface area contributed by atoms with Gasteiger partial charge in [0.25, 0.3) is 0 Å². The molecule has 0 spiro atoms. The Balaban J connectivity index is 1.54. The third-order valence-corrected chi connectivity index (χ3v) is 6.05. The molecule has 0 saturated heterocycles. The minimum absolute atomic E-state index is 0.0817. The third kappa shape index (κ3) is 5.82. The maximum absolute atomic E-state index is 9.78. The van der Waals surface area contributed by atoms with Crippen molar-refractivity contribution in [2.45, 2.75) is 25.2 Å². The summed E-state index contributed by atoms with van der Waals surface area (Å²) >= 11 is 0. The maximum atomic E-state index is 9.78. The number of benzene rings is 4. The highest BCUT2D eigenvalue weighted by Crippen LogP contribution is 2.34. The van der Waals surface area contributed by atoms with Gasteiger partial charge in [-0.15, -0.1) is 6.42 Å². The van der Waals surface area contributed by atoms with Crippen molar-refractivity contribution >= 4 is 0 Å². The van der Waals surface area contributed by atoms with Crippen LogP contribution in [-0.4, -0.2) is 5.11 Å². The first-order chi connectivity index (χ1) is 16.1. The molecule has 0 heterocycles. The molecule has 162 valence electrons. The van der Waals surface area contributed by atoms with E-state index in [0.29, 0.717) is 0 Å². The van der Waals surface area contributed by atoms with Crippen LogP contribution in [0.25, 0.3) is 0 Å². The van der Waals surface area contributed by atoms with E-state index in [4.69, 9.17) is 6.42 Å². The molecule has 0 aromatic heterocycles. The van der Waals surface area contributed by atoms with Crippen molar-refractivity contribution < 1.29 is 5.11 Å². The second kappa shape index (κ2) is 10.5. The molecule has 0 radical (unpaired) electrons. The number of terminal acetylenes is 1. The van der Waals surface area contributed by atoms with E-state index >= 15 is 0 Å². The van der Waals surface area contributed by atoms with Gasteiger partial charge in [-0.3, -0.25) is 0 Å². The van der Waals surface area contributed by atoms with E-state index in [2.05, 4.69) is 73.2 Å². The molecule has 0 amide bonds. The minimum Gasteiger partial charge on any atom is -0.508 e. The standard InChI is InChI=1S/C32H28O/c1-3-25-11-13-27(14-12-25)23-28-15-17-29(18-16-28)32(30-19-21-31(33)22-20-30)24(2)9-10-26-7-5-4-6-8-26/h1,4-8,11-22,32-33H,2,9-10,23H2. The molecule has 4 aromatic carbocycles. The predicted octanol–water partition coefficient (Wildman–Crippen LogP) is 7.29. The molecule has 0 fully saturated rings. The van der Waals surface area contributed by atoms with Crippen LogP contribution in [0.15, 0.2) is 115 Å². The van der Waals surface area contributed by atoms with Gasteiger partial charge in [-0.2, -0.15) is 0 Å². The van der Waals surface area contributed by atoms with Crippen LogP contribution in [0, 0.1) is 12.3 Å². The Hall–Kier alpha value is -4.02. The van der Waals surface area contributed by atoms with Crippen LogP contribution in [0.5, 0.6) is 5.75 Å². The van der Waals surface area contributed by atoms with Crippen molar-refractivity contribution in [1.82, 2.24) is 0 Å². The third-order valence-electron chi connectivity index (χ3n) is 6.05. The van der Waals surface area contributed by atoms with Crippen molar-refractivity contribution in [3.05, 3.63) is 149 Å². The Kier molecular flexibility index (Phi) is 7.08. The summed E-state index contributed by atoms with van der Waals surface area (Å²) in [6, 6.07) is 35.0. The van der Waals surface area contributed by atoms with E-state index in [9.17, 15) is 5.11 Å². The fraction of sp³-hybridized carbons (Fsp3) is 0.125. The second-order valence-electron chi connectivity index (χ2n) is 8.43. The van der Waals surface area contributed by atoms with Gasteiger partial charge in [-0.05, 0) is 71.3 Å². The van der Waals surface area contributed by atoms with E-state index in [0.717, 1.165) is 30.4 Å². The number of phenolic OH excluding ortho intramolecular Hbond substituents is 1. The number of phenols is 1. The molecule has 0 saturated carbocycles. The zero-order chi connectivity index (χ0) is 23.0. The summed E-state index contributed by atoms with van der Waals surface area (Å²) in [4.78, 5) is 0. The van der Waals surface area contributed by atoms with Crippen molar-refractivity contribution in [3.8, 4) is 18.1 Å². The SMILES string of the molecule is C#Cc1ccc(Cc2ccc(C(C(=C)CCc3ccccc3)c3ccc(O)cc3)cc2)cc1. The van der Waals surface area contributed by atoms with Gasteiger partial charge in [0.15, 0.2) is 0 Å². The lowest BCUT2D eigenvalue weighted by molar-refractivity contribution is 0.475. The summed E-state index contributed by atoms with van der Waals surface area (Å²) in [6.07, 6.45) is 8.19. The normalized spacial score (nSPS) is 11.5. The number of allylic oxidation sites excluding steroid dienone is 1. The van der Waals surface area contributed by atoms with E-state index in [1.165, 1.54) is 27.8 Å². The summed E-state index contributed by atoms with van der Waals surface area (Å²) in [5.74, 6) is 3.02. The smallest absolute Gasteiger partial charge is 0.115 e. The number of aromatic hydroxyl groups is 1. The molecule has 1 nitrogen and oxygen atoms in total. The van der Waals surface area contributed by atoms with Gasteiger partial charge >= 0.3 is 0 Å². The van der Waals surface area contributed by atoms with Crippen molar-refractivity contribution in [1.29, 1.82) is 0 Å². The quantitative estimate of drug-likeness (QED) is 0.231. The molecule has 33 heavy (non-hydrogen) atoms. The molecule has 4 rings (SSSR count). The number of rotatable bonds is 8. The van der Waals surface area contributed by atoms with Crippen LogP contribution in [0.2, 0.25) is 0 Å². The average molecular weight is 429 g/mol. The van der Waals surface area contributed by atoms with E-state index in [1.54, 1.807) is 12.1 Å². The maximum Gasteiger partial charge on any atom is 0.115 e. The Bertz CT molecular complexity index is 1230. The van der Waals surface area contributed by atoms with Crippen molar-refractivity contribution in [3.63, 3.8) is 0 Å². The van der Waals surface area contributed by atoms with Gasteiger partial charge < -0.3 is 5.11 Å². The number of aryl methyl sites for hydroxylation is 1. The molecule has 1 N–H and O–H groups in total. The Labute approximate surface area is 197 Å². The van der Waals surface area contributed by atoms with Gasteiger partial charge in [-0.1, -0.05) is 96.9 Å². The van der Waals surface area contributed by atoms with Crippen LogP contribution in [0.1, 0.15) is 45.7 Å². The monoisotopic (exact) mass is 428 g/mol. The summed E-state index contributed by atoms with van der Waals surface area (Å²) in [5, 5.41) is 9.78. The Morgan fingerprint density at radius 1 is 0.727 bits per heavy atom. The molecule has 1 heteroatoms. The molecule has 0 aliphatic heterocycles. The van der Waals surface area contributed by atoms with Crippen LogP contribution in [0.4, 0.5) is 0 Å². The molecular formula is C32H28O. The highest BCUT2D eigenvalue weighted by molar-refractivity contribution is 5.44. The van der Waals surface area contributed by atoms with Crippen LogP contribution in [-0.2, 0) is 12.8 Å². The minimum atomic E-state index is 0.0817. The highest BCUT2D eigenvalue weighted by Gasteiger charge is 2.18. The largest absolute Gasteiger partial charge is 0.508 e. The molecule has 0 aliphatic carbocycles. The summed E-state index contributed by atoms with van der Waals surface area (Å²) in [7, 11) is 0. The van der Waals surface area contributed by atoms with Gasteiger partial charge in [0.2, 0.25) is 0 Å². The first-order valence-corrected chi connectivity index (χ1v) is 11.3. The van der Waals surface area contributed by atoms with Crippen molar-refractivity contribution in [2.75, 3.05) is 0 Å². The summed E-state index contributed by atoms with van der Waals surface area (Å²) in [6.45, 7) is 4.47. The number of hydrogen-bond acceptors (Lipinski definition) is 1. The molecular weight excluding hydrogens is 400 g/mol. The van der Waals surface area contributed by atoms with E-state index in [-0.39, 0.29) is 11.7 Å². The zero-order valence-electron chi connectivity index (χ0n) is 18.7. The molecule has 1 unspecified atom stereocenters. The van der Waals surface area contributed by atoms with Crippen LogP contribution < -0.4 is 0 Å². The first kappa shape index (κ1) is 22.2. The van der Waals surface area contributed by atoms with Gasteiger partial charge in [-0.25, -0.2) is 0 Å². The summed E-state index contributed by atoms with van der Waals surface area (Å²) in [5.41, 5.74) is 8.24. The molecule has 4 aromatic rings. The number of hydrogen-bond donors (Lipinski definition) is 1. The average Bonchev–Trinajstić information content (AvgIpc) is 2.86. The lowest BCUT2D eigenvalue weighted by Gasteiger charge is -2.22. The Morgan fingerprint density at radius 2 is 1.27 bits per heavy atom. The molecule has 1 atom stereocenters. The first-order valence-electron chi connectivity index (χ1n) is 11.3. The predicted molar refractivity (Wildman–Crippen MR) is 137 cm³/mol. The highest BCUT2D eigenvalue weighted by atomic mass is 16.3. The van der Waals surface area contributed by atoms with E-state index in [1.807, 2.05) is 30.3 Å². The van der Waals surface area contributed by atoms with Gasteiger partial charge in [0, 0.05) is 11.5 Å². The molecule has 0 aliphatic rings. The Morgan fingerprint density at radius 3 is 1.85 bits per heavy atom. The zero-order valence-corrected chi connectivity index (χ0v) is 18.7. The fourth-order valence-electron chi connectivity index (χ4n) is 4.21. The second-order valence-corrected chi connectivity index (χ2v) is 8.43. The van der Waals surface area contributed by atoms with Crippen LogP contribution >= 0.6 is 0 Å².